The summed E-state index contributed by atoms with van der Waals surface area (Å²) in [6, 6.07) is 21.6. The second-order valence-corrected chi connectivity index (χ2v) is 8.91. The molecule has 1 aliphatic heterocycles. The van der Waals surface area contributed by atoms with E-state index in [9.17, 15) is 4.79 Å². The first-order valence-electron chi connectivity index (χ1n) is 12.6. The van der Waals surface area contributed by atoms with Crippen molar-refractivity contribution in [1.29, 1.82) is 0 Å². The number of ether oxygens (including phenoxy) is 1. The molecule has 0 saturated carbocycles. The molecule has 1 saturated heterocycles. The van der Waals surface area contributed by atoms with E-state index in [2.05, 4.69) is 42.3 Å². The van der Waals surface area contributed by atoms with Gasteiger partial charge in [-0.1, -0.05) is 42.5 Å². The number of aromatic nitrogens is 4. The monoisotopic (exact) mass is 510 g/mol. The second-order valence-electron chi connectivity index (χ2n) is 8.91. The van der Waals surface area contributed by atoms with Crippen LogP contribution >= 0.6 is 0 Å². The van der Waals surface area contributed by atoms with E-state index in [4.69, 9.17) is 10.5 Å². The Morgan fingerprint density at radius 2 is 1.71 bits per heavy atom. The van der Waals surface area contributed by atoms with Crippen molar-refractivity contribution in [1.82, 2.24) is 24.8 Å². The minimum atomic E-state index is 0.0771. The molecule has 1 amide bonds. The van der Waals surface area contributed by atoms with Crippen molar-refractivity contribution in [2.75, 3.05) is 55.3 Å². The van der Waals surface area contributed by atoms with Crippen LogP contribution in [0, 0.1) is 0 Å². The van der Waals surface area contributed by atoms with Crippen LogP contribution in [0.2, 0.25) is 0 Å². The van der Waals surface area contributed by atoms with E-state index >= 15 is 0 Å². The second kappa shape index (κ2) is 12.2. The number of amides is 1. The van der Waals surface area contributed by atoms with E-state index in [1.54, 1.807) is 18.5 Å². The first-order valence-corrected chi connectivity index (χ1v) is 12.6. The Balaban J connectivity index is 1.33. The highest BCUT2D eigenvalue weighted by atomic mass is 16.5. The number of nitrogens with one attached hydrogen (secondary N) is 1. The maximum Gasteiger partial charge on any atom is 0.241 e. The highest BCUT2D eigenvalue weighted by molar-refractivity contribution is 5.95. The number of anilines is 4. The van der Waals surface area contributed by atoms with Crippen molar-refractivity contribution in [3.63, 3.8) is 0 Å². The number of hydrogen-bond acceptors (Lipinski definition) is 9. The molecule has 0 unspecified atom stereocenters. The average molecular weight is 511 g/mol. The quantitative estimate of drug-likeness (QED) is 0.349. The van der Waals surface area contributed by atoms with Crippen molar-refractivity contribution in [2.24, 2.45) is 0 Å². The summed E-state index contributed by atoms with van der Waals surface area (Å²) >= 11 is 0. The van der Waals surface area contributed by atoms with E-state index < -0.39 is 0 Å². The molecular formula is C28H30N8O2. The number of hydrogen-bond donors (Lipinski definition) is 2. The number of rotatable bonds is 9. The lowest BCUT2D eigenvalue weighted by Gasteiger charge is -2.30. The fraction of sp³-hybridized carbons (Fsp3) is 0.250. The molecule has 10 heteroatoms. The minimum absolute atomic E-state index is 0.0771. The maximum absolute atomic E-state index is 13.4. The van der Waals surface area contributed by atoms with Crippen molar-refractivity contribution in [3.05, 3.63) is 84.7 Å². The summed E-state index contributed by atoms with van der Waals surface area (Å²) in [6.45, 7) is 3.81. The van der Waals surface area contributed by atoms with E-state index in [0.29, 0.717) is 38.1 Å². The molecule has 194 valence electrons. The summed E-state index contributed by atoms with van der Waals surface area (Å²) in [5.41, 5.74) is 9.36. The van der Waals surface area contributed by atoms with Gasteiger partial charge in [0.1, 0.15) is 5.82 Å². The molecule has 38 heavy (non-hydrogen) atoms. The molecule has 0 bridgehead atoms. The summed E-state index contributed by atoms with van der Waals surface area (Å²) in [6.07, 6.45) is 4.02. The van der Waals surface area contributed by atoms with Gasteiger partial charge in [0.15, 0.2) is 0 Å². The van der Waals surface area contributed by atoms with Crippen LogP contribution in [0.15, 0.2) is 79.1 Å². The molecule has 3 heterocycles. The third kappa shape index (κ3) is 6.67. The lowest BCUT2D eigenvalue weighted by atomic mass is 10.1. The molecular weight excluding hydrogens is 480 g/mol. The van der Waals surface area contributed by atoms with Gasteiger partial charge in [-0.15, -0.1) is 0 Å². The Kier molecular flexibility index (Phi) is 8.12. The minimum Gasteiger partial charge on any atom is -0.379 e. The molecule has 3 N–H and O–H groups in total. The summed E-state index contributed by atoms with van der Waals surface area (Å²) in [7, 11) is 0. The molecule has 5 rings (SSSR count). The first kappa shape index (κ1) is 25.2. The van der Waals surface area contributed by atoms with E-state index in [-0.39, 0.29) is 11.9 Å². The summed E-state index contributed by atoms with van der Waals surface area (Å²) in [5.74, 6) is 1.16. The highest BCUT2D eigenvalue weighted by Gasteiger charge is 2.21. The third-order valence-electron chi connectivity index (χ3n) is 6.27. The first-order chi connectivity index (χ1) is 18.6. The van der Waals surface area contributed by atoms with Crippen LogP contribution in [0.4, 0.5) is 23.4 Å². The number of benzene rings is 2. The van der Waals surface area contributed by atoms with Crippen molar-refractivity contribution >= 4 is 29.3 Å². The zero-order valence-electron chi connectivity index (χ0n) is 21.0. The van der Waals surface area contributed by atoms with Gasteiger partial charge in [-0.05, 0) is 36.2 Å². The molecule has 1 fully saturated rings. The molecule has 4 aromatic rings. The van der Waals surface area contributed by atoms with Crippen molar-refractivity contribution < 1.29 is 9.53 Å². The molecule has 2 aromatic carbocycles. The maximum atomic E-state index is 13.4. The molecule has 0 aliphatic carbocycles. The third-order valence-corrected chi connectivity index (χ3v) is 6.27. The van der Waals surface area contributed by atoms with E-state index in [1.807, 2.05) is 53.4 Å². The van der Waals surface area contributed by atoms with Crippen LogP contribution in [0.25, 0.3) is 11.3 Å². The Morgan fingerprint density at radius 1 is 0.947 bits per heavy atom. The number of nitrogens with two attached hydrogens (primary N) is 1. The smallest absolute Gasteiger partial charge is 0.241 e. The van der Waals surface area contributed by atoms with Gasteiger partial charge in [0.2, 0.25) is 17.8 Å². The lowest BCUT2D eigenvalue weighted by molar-refractivity contribution is -0.120. The SMILES string of the molecule is Nc1nccc(Nc2nccc(-c3ccc(N(CCc4ccccc4)C(=O)CN4CCOCC4)cc3)n2)n1. The Bertz CT molecular complexity index is 1340. The van der Waals surface area contributed by atoms with Gasteiger partial charge in [-0.2, -0.15) is 4.98 Å². The number of nitrogens with zero attached hydrogens (tertiary/aromatic N) is 6. The lowest BCUT2D eigenvalue weighted by Crippen LogP contribution is -2.45. The molecule has 2 aromatic heterocycles. The van der Waals surface area contributed by atoms with Crippen LogP contribution in [-0.2, 0) is 16.0 Å². The average Bonchev–Trinajstić information content (AvgIpc) is 2.95. The predicted molar refractivity (Wildman–Crippen MR) is 147 cm³/mol. The predicted octanol–water partition coefficient (Wildman–Crippen LogP) is 3.17. The summed E-state index contributed by atoms with van der Waals surface area (Å²) in [4.78, 5) is 34.4. The van der Waals surface area contributed by atoms with Gasteiger partial charge in [0.05, 0.1) is 25.5 Å². The Hall–Kier alpha value is -4.41. The number of carbonyl (C=O) groups excluding carboxylic acids is 1. The van der Waals surface area contributed by atoms with Gasteiger partial charge >= 0.3 is 0 Å². The molecule has 1 aliphatic rings. The Morgan fingerprint density at radius 3 is 2.47 bits per heavy atom. The van der Waals surface area contributed by atoms with Crippen molar-refractivity contribution in [3.8, 4) is 11.3 Å². The zero-order valence-corrected chi connectivity index (χ0v) is 21.0. The Labute approximate surface area is 221 Å². The van der Waals surface area contributed by atoms with Gasteiger partial charge in [0, 0.05) is 43.3 Å². The van der Waals surface area contributed by atoms with Crippen LogP contribution < -0.4 is 16.0 Å². The topological polar surface area (TPSA) is 122 Å². The molecule has 0 spiro atoms. The summed E-state index contributed by atoms with van der Waals surface area (Å²) in [5, 5.41) is 3.05. The van der Waals surface area contributed by atoms with Crippen molar-refractivity contribution in [2.45, 2.75) is 6.42 Å². The van der Waals surface area contributed by atoms with Gasteiger partial charge in [0.25, 0.3) is 0 Å². The number of carbonyl (C=O) groups is 1. The highest BCUT2D eigenvalue weighted by Crippen LogP contribution is 2.24. The molecule has 0 radical (unpaired) electrons. The van der Waals surface area contributed by atoms with Crippen LogP contribution in [0.5, 0.6) is 0 Å². The molecule has 10 nitrogen and oxygen atoms in total. The fourth-order valence-electron chi connectivity index (χ4n) is 4.27. The summed E-state index contributed by atoms with van der Waals surface area (Å²) < 4.78 is 5.44. The van der Waals surface area contributed by atoms with Gasteiger partial charge < -0.3 is 20.7 Å². The largest absolute Gasteiger partial charge is 0.379 e. The van der Waals surface area contributed by atoms with Crippen LogP contribution in [0.1, 0.15) is 5.56 Å². The number of morpholine rings is 1. The molecule has 0 atom stereocenters. The zero-order chi connectivity index (χ0) is 26.2. The van der Waals surface area contributed by atoms with Gasteiger partial charge in [-0.25, -0.2) is 15.0 Å². The van der Waals surface area contributed by atoms with Crippen LogP contribution in [-0.4, -0.2) is 70.1 Å². The fourth-order valence-corrected chi connectivity index (χ4v) is 4.27. The van der Waals surface area contributed by atoms with Crippen LogP contribution in [0.3, 0.4) is 0 Å². The number of nitrogen functional groups attached to an aromatic ring is 1. The van der Waals surface area contributed by atoms with E-state index in [0.717, 1.165) is 36.5 Å². The standard InChI is InChI=1S/C28H30N8O2/c29-27-30-14-11-25(33-27)34-28-31-13-10-24(32-28)22-6-8-23(9-7-22)36(15-12-21-4-2-1-3-5-21)26(37)20-35-16-18-38-19-17-35/h1-11,13-14H,12,15-20H2,(H3,29,30,31,32,33,34). The normalized spacial score (nSPS) is 13.7. The van der Waals surface area contributed by atoms with E-state index in [1.165, 1.54) is 5.56 Å². The van der Waals surface area contributed by atoms with Gasteiger partial charge in [-0.3, -0.25) is 9.69 Å².